The molecule has 2 aromatic carbocycles. The number of hydrogen-bond acceptors (Lipinski definition) is 2. The van der Waals surface area contributed by atoms with Gasteiger partial charge in [-0.15, -0.1) is 0 Å². The first-order valence-electron chi connectivity index (χ1n) is 6.37. The molecule has 2 nitrogen and oxygen atoms in total. The average Bonchev–Trinajstić information content (AvgIpc) is 2.46. The van der Waals surface area contributed by atoms with Gasteiger partial charge in [-0.05, 0) is 47.9 Å². The fourth-order valence-corrected chi connectivity index (χ4v) is 1.88. The van der Waals surface area contributed by atoms with Gasteiger partial charge in [-0.3, -0.25) is 0 Å². The van der Waals surface area contributed by atoms with Gasteiger partial charge in [-0.1, -0.05) is 24.0 Å². The van der Waals surface area contributed by atoms with Gasteiger partial charge in [0, 0.05) is 18.6 Å². The van der Waals surface area contributed by atoms with Crippen molar-refractivity contribution in [2.75, 3.05) is 6.61 Å². The van der Waals surface area contributed by atoms with E-state index in [0.717, 1.165) is 35.6 Å². The number of hydrogen-bond donors (Lipinski definition) is 1. The third-order valence-electron chi connectivity index (χ3n) is 2.91. The number of rotatable bonds is 3. The molecule has 19 heavy (non-hydrogen) atoms. The van der Waals surface area contributed by atoms with E-state index in [-0.39, 0.29) is 6.61 Å². The molecule has 0 spiro atoms. The molecule has 0 saturated heterocycles. The lowest BCUT2D eigenvalue weighted by Crippen LogP contribution is -1.81. The summed E-state index contributed by atoms with van der Waals surface area (Å²) in [5.74, 6) is 6.24. The predicted octanol–water partition coefficient (Wildman–Crippen LogP) is 3.23. The Kier molecular flexibility index (Phi) is 4.56. The summed E-state index contributed by atoms with van der Waals surface area (Å²) in [5, 5.41) is 19.7. The Balaban J connectivity index is 2.16. The van der Waals surface area contributed by atoms with Gasteiger partial charge in [0.1, 0.15) is 0 Å². The first kappa shape index (κ1) is 13.1. The van der Waals surface area contributed by atoms with Crippen molar-refractivity contribution >= 4 is 10.8 Å². The molecule has 0 aliphatic carbocycles. The van der Waals surface area contributed by atoms with E-state index in [1.54, 1.807) is 0 Å². The molecule has 0 aliphatic heterocycles. The second-order valence-corrected chi connectivity index (χ2v) is 4.37. The molecule has 0 saturated carbocycles. The molecule has 0 heterocycles. The number of fused-ring (bicyclic) bond motifs is 1. The van der Waals surface area contributed by atoms with Crippen LogP contribution in [0.3, 0.4) is 0 Å². The van der Waals surface area contributed by atoms with E-state index in [0.29, 0.717) is 5.56 Å². The zero-order valence-electron chi connectivity index (χ0n) is 10.7. The molecule has 0 bridgehead atoms. The molecule has 2 heteroatoms. The summed E-state index contributed by atoms with van der Waals surface area (Å²) in [4.78, 5) is 0. The Morgan fingerprint density at radius 3 is 2.32 bits per heavy atom. The quantitative estimate of drug-likeness (QED) is 0.670. The molecule has 0 radical (unpaired) electrons. The Morgan fingerprint density at radius 1 is 0.947 bits per heavy atom. The van der Waals surface area contributed by atoms with Gasteiger partial charge in [0.05, 0.1) is 11.6 Å². The van der Waals surface area contributed by atoms with Crippen LogP contribution in [0.15, 0.2) is 36.4 Å². The van der Waals surface area contributed by atoms with Crippen LogP contribution in [0.25, 0.3) is 10.8 Å². The molecule has 0 atom stereocenters. The van der Waals surface area contributed by atoms with Crippen LogP contribution in [-0.4, -0.2) is 11.7 Å². The van der Waals surface area contributed by atoms with Crippen LogP contribution in [0.5, 0.6) is 0 Å². The predicted molar refractivity (Wildman–Crippen MR) is 76.5 cm³/mol. The zero-order chi connectivity index (χ0) is 13.5. The molecule has 0 amide bonds. The number of unbranched alkanes of at least 4 members (excludes halogenated alkanes) is 2. The van der Waals surface area contributed by atoms with Crippen molar-refractivity contribution in [1.29, 1.82) is 5.26 Å². The summed E-state index contributed by atoms with van der Waals surface area (Å²) in [7, 11) is 0. The number of benzene rings is 2. The maximum atomic E-state index is 8.85. The second-order valence-electron chi connectivity index (χ2n) is 4.37. The molecule has 2 rings (SSSR count). The third-order valence-corrected chi connectivity index (χ3v) is 2.91. The smallest absolute Gasteiger partial charge is 0.0991 e. The third kappa shape index (κ3) is 3.58. The highest BCUT2D eigenvalue weighted by Crippen LogP contribution is 2.17. The molecule has 2 aromatic rings. The van der Waals surface area contributed by atoms with E-state index in [9.17, 15) is 0 Å². The van der Waals surface area contributed by atoms with Gasteiger partial charge in [0.15, 0.2) is 0 Å². The number of nitrogens with zero attached hydrogens (tertiary/aromatic N) is 1. The van der Waals surface area contributed by atoms with Crippen molar-refractivity contribution in [3.05, 3.63) is 47.5 Å². The molecule has 94 valence electrons. The van der Waals surface area contributed by atoms with Crippen molar-refractivity contribution in [3.8, 4) is 17.9 Å². The summed E-state index contributed by atoms with van der Waals surface area (Å²) >= 11 is 0. The van der Waals surface area contributed by atoms with Crippen LogP contribution in [0.1, 0.15) is 30.4 Å². The molecule has 0 fully saturated rings. The van der Waals surface area contributed by atoms with E-state index in [4.69, 9.17) is 10.4 Å². The van der Waals surface area contributed by atoms with Gasteiger partial charge in [0.2, 0.25) is 0 Å². The monoisotopic (exact) mass is 249 g/mol. The van der Waals surface area contributed by atoms with Crippen LogP contribution < -0.4 is 0 Å². The summed E-state index contributed by atoms with van der Waals surface area (Å²) < 4.78 is 0. The number of aliphatic hydroxyl groups is 1. The minimum Gasteiger partial charge on any atom is -0.396 e. The molecule has 0 unspecified atom stereocenters. The molecule has 0 aromatic heterocycles. The van der Waals surface area contributed by atoms with E-state index in [1.165, 1.54) is 0 Å². The Bertz CT molecular complexity index is 671. The van der Waals surface area contributed by atoms with E-state index in [1.807, 2.05) is 36.4 Å². The first-order valence-corrected chi connectivity index (χ1v) is 6.37. The minimum absolute atomic E-state index is 0.235. The molecule has 0 aliphatic rings. The number of aliphatic hydroxyl groups excluding tert-OH is 1. The standard InChI is InChI=1S/C17H15NO/c18-13-15-7-9-16-11-14(6-8-17(16)12-15)5-3-1-2-4-10-19/h6-9,11-12,19H,1-2,4,10H2. The van der Waals surface area contributed by atoms with Crippen LogP contribution in [0.4, 0.5) is 0 Å². The normalized spacial score (nSPS) is 9.68. The lowest BCUT2D eigenvalue weighted by Gasteiger charge is -1.99. The van der Waals surface area contributed by atoms with Crippen LogP contribution in [-0.2, 0) is 0 Å². The Labute approximate surface area is 113 Å². The Morgan fingerprint density at radius 2 is 1.63 bits per heavy atom. The van der Waals surface area contributed by atoms with Crippen molar-refractivity contribution in [2.45, 2.75) is 19.3 Å². The minimum atomic E-state index is 0.235. The number of nitriles is 1. The van der Waals surface area contributed by atoms with Gasteiger partial charge >= 0.3 is 0 Å². The van der Waals surface area contributed by atoms with Gasteiger partial charge in [0.25, 0.3) is 0 Å². The first-order chi connectivity index (χ1) is 9.33. The van der Waals surface area contributed by atoms with Crippen molar-refractivity contribution in [1.82, 2.24) is 0 Å². The summed E-state index contributed by atoms with van der Waals surface area (Å²) in [6.07, 6.45) is 2.55. The Hall–Kier alpha value is -2.29. The van der Waals surface area contributed by atoms with Crippen LogP contribution >= 0.6 is 0 Å². The lowest BCUT2D eigenvalue weighted by molar-refractivity contribution is 0.285. The van der Waals surface area contributed by atoms with Gasteiger partial charge < -0.3 is 5.11 Å². The summed E-state index contributed by atoms with van der Waals surface area (Å²) in [6, 6.07) is 13.8. The lowest BCUT2D eigenvalue weighted by atomic mass is 10.0. The maximum Gasteiger partial charge on any atom is 0.0991 e. The SMILES string of the molecule is N#Cc1ccc2cc(C#CCCCCO)ccc2c1. The summed E-state index contributed by atoms with van der Waals surface area (Å²) in [6.45, 7) is 0.235. The molecule has 1 N–H and O–H groups in total. The second kappa shape index (κ2) is 6.59. The van der Waals surface area contributed by atoms with E-state index in [2.05, 4.69) is 17.9 Å². The van der Waals surface area contributed by atoms with Gasteiger partial charge in [-0.25, -0.2) is 0 Å². The molecular weight excluding hydrogens is 234 g/mol. The van der Waals surface area contributed by atoms with Crippen LogP contribution in [0.2, 0.25) is 0 Å². The van der Waals surface area contributed by atoms with E-state index >= 15 is 0 Å². The highest BCUT2D eigenvalue weighted by molar-refractivity contribution is 5.85. The van der Waals surface area contributed by atoms with Crippen LogP contribution in [0, 0.1) is 23.2 Å². The fraction of sp³-hybridized carbons (Fsp3) is 0.235. The highest BCUT2D eigenvalue weighted by Gasteiger charge is 1.96. The van der Waals surface area contributed by atoms with E-state index < -0.39 is 0 Å². The average molecular weight is 249 g/mol. The van der Waals surface area contributed by atoms with Crippen molar-refractivity contribution in [3.63, 3.8) is 0 Å². The largest absolute Gasteiger partial charge is 0.396 e. The fourth-order valence-electron chi connectivity index (χ4n) is 1.88. The topological polar surface area (TPSA) is 44.0 Å². The van der Waals surface area contributed by atoms with Gasteiger partial charge in [-0.2, -0.15) is 5.26 Å². The summed E-state index contributed by atoms with van der Waals surface area (Å²) in [5.41, 5.74) is 1.66. The molecular formula is C17H15NO. The zero-order valence-corrected chi connectivity index (χ0v) is 10.7. The highest BCUT2D eigenvalue weighted by atomic mass is 16.2. The van der Waals surface area contributed by atoms with Crippen molar-refractivity contribution < 1.29 is 5.11 Å². The maximum absolute atomic E-state index is 8.85. The van der Waals surface area contributed by atoms with Crippen molar-refractivity contribution in [2.24, 2.45) is 0 Å².